The van der Waals surface area contributed by atoms with Gasteiger partial charge in [-0.3, -0.25) is 0 Å². The third kappa shape index (κ3) is 1.76. The molecule has 1 heterocycles. The van der Waals surface area contributed by atoms with Gasteiger partial charge in [0.2, 0.25) is 0 Å². The van der Waals surface area contributed by atoms with E-state index in [0.717, 1.165) is 5.39 Å². The van der Waals surface area contributed by atoms with Crippen LogP contribution in [0.2, 0.25) is 0 Å². The van der Waals surface area contributed by atoms with Crippen LogP contribution in [0, 0.1) is 0 Å². The van der Waals surface area contributed by atoms with Crippen LogP contribution in [0.15, 0.2) is 42.5 Å². The number of hydrogen-bond acceptors (Lipinski definition) is 2. The van der Waals surface area contributed by atoms with E-state index in [2.05, 4.69) is 24.3 Å². The molecule has 0 N–H and O–H groups in total. The molecular weight excluding hydrogens is 291 g/mol. The molecule has 0 bridgehead atoms. The van der Waals surface area contributed by atoms with Crippen LogP contribution in [-0.2, 0) is 4.74 Å². The van der Waals surface area contributed by atoms with Crippen molar-refractivity contribution < 1.29 is 9.53 Å². The summed E-state index contributed by atoms with van der Waals surface area (Å²) in [6.07, 6.45) is 0. The van der Waals surface area contributed by atoms with Crippen LogP contribution in [0.3, 0.4) is 0 Å². The predicted molar refractivity (Wildman–Crippen MR) is 74.4 cm³/mol. The van der Waals surface area contributed by atoms with Gasteiger partial charge in [-0.1, -0.05) is 0 Å². The zero-order valence-electron chi connectivity index (χ0n) is 9.97. The summed E-state index contributed by atoms with van der Waals surface area (Å²) >= 11 is 0.300. The van der Waals surface area contributed by atoms with E-state index < -0.39 is 0 Å². The van der Waals surface area contributed by atoms with Crippen molar-refractivity contribution >= 4 is 39.8 Å². The second kappa shape index (κ2) is 4.60. The molecule has 0 saturated heterocycles. The second-order valence-corrected chi connectivity index (χ2v) is 6.27. The van der Waals surface area contributed by atoms with Gasteiger partial charge in [0.1, 0.15) is 0 Å². The quantitative estimate of drug-likeness (QED) is 0.537. The van der Waals surface area contributed by atoms with E-state index in [1.54, 1.807) is 0 Å². The third-order valence-electron chi connectivity index (χ3n) is 2.90. The number of rotatable bonds is 2. The number of carbonyl (C=O) groups excluding carboxylic acids is 1. The van der Waals surface area contributed by atoms with Gasteiger partial charge in [0.15, 0.2) is 0 Å². The number of hydrogen-bond donors (Lipinski definition) is 0. The molecule has 2 nitrogen and oxygen atoms in total. The molecule has 2 aromatic carbocycles. The Morgan fingerprint density at radius 1 is 1.11 bits per heavy atom. The summed E-state index contributed by atoms with van der Waals surface area (Å²) in [5.74, 6) is -0.221. The Bertz CT molecular complexity index is 728. The zero-order chi connectivity index (χ0) is 12.5. The molecule has 1 aromatic heterocycles. The van der Waals surface area contributed by atoms with Crippen molar-refractivity contribution in [2.45, 2.75) is 6.92 Å². The van der Waals surface area contributed by atoms with Crippen molar-refractivity contribution in [3.8, 4) is 0 Å². The van der Waals surface area contributed by atoms with Crippen LogP contribution in [0.5, 0.6) is 0 Å². The number of fused-ring (bicyclic) bond motifs is 3. The molecule has 0 fully saturated rings. The standard InChI is InChI=1S/C15H12O2Se/c1-2-17-15(16)11-7-5-9-13-14(11)10-6-3-4-8-12(10)18-13/h3-9H,2H2,1H3. The van der Waals surface area contributed by atoms with Crippen LogP contribution in [-0.4, -0.2) is 27.1 Å². The Hall–Kier alpha value is -1.57. The Morgan fingerprint density at radius 2 is 1.89 bits per heavy atom. The maximum absolute atomic E-state index is 12.0. The summed E-state index contributed by atoms with van der Waals surface area (Å²) in [7, 11) is 0. The average molecular weight is 303 g/mol. The van der Waals surface area contributed by atoms with E-state index in [4.69, 9.17) is 4.74 Å². The fourth-order valence-corrected chi connectivity index (χ4v) is 4.53. The Morgan fingerprint density at radius 3 is 2.72 bits per heavy atom. The van der Waals surface area contributed by atoms with Crippen molar-refractivity contribution in [1.82, 2.24) is 0 Å². The SMILES string of the molecule is CCOC(=O)c1cccc2[se]c3ccccc3c12. The molecule has 18 heavy (non-hydrogen) atoms. The normalized spacial score (nSPS) is 10.9. The Balaban J connectivity index is 2.35. The summed E-state index contributed by atoms with van der Waals surface area (Å²) in [6, 6.07) is 14.2. The molecule has 0 saturated carbocycles. The van der Waals surface area contributed by atoms with Crippen molar-refractivity contribution in [3.63, 3.8) is 0 Å². The molecule has 0 unspecified atom stereocenters. The van der Waals surface area contributed by atoms with Gasteiger partial charge in [0, 0.05) is 0 Å². The van der Waals surface area contributed by atoms with E-state index in [1.165, 1.54) is 13.9 Å². The molecule has 0 aliphatic heterocycles. The first kappa shape index (κ1) is 11.5. The summed E-state index contributed by atoms with van der Waals surface area (Å²) in [4.78, 5) is 12.0. The monoisotopic (exact) mass is 304 g/mol. The summed E-state index contributed by atoms with van der Waals surface area (Å²) in [5, 5.41) is 2.27. The fourth-order valence-electron chi connectivity index (χ4n) is 2.15. The number of benzene rings is 2. The second-order valence-electron chi connectivity index (χ2n) is 4.00. The molecule has 3 aromatic rings. The van der Waals surface area contributed by atoms with E-state index in [1.807, 2.05) is 25.1 Å². The molecule has 0 radical (unpaired) electrons. The first-order valence-corrected chi connectivity index (χ1v) is 7.60. The first-order chi connectivity index (χ1) is 8.81. The minimum atomic E-state index is -0.221. The summed E-state index contributed by atoms with van der Waals surface area (Å²) < 4.78 is 7.75. The number of esters is 1. The fraction of sp³-hybridized carbons (Fsp3) is 0.133. The van der Waals surface area contributed by atoms with Crippen molar-refractivity contribution in [3.05, 3.63) is 48.0 Å². The Kier molecular flexibility index (Phi) is 2.94. The summed E-state index contributed by atoms with van der Waals surface area (Å²) in [5.41, 5.74) is 0.696. The molecule has 0 aliphatic rings. The van der Waals surface area contributed by atoms with Gasteiger partial charge in [-0.25, -0.2) is 0 Å². The van der Waals surface area contributed by atoms with E-state index >= 15 is 0 Å². The van der Waals surface area contributed by atoms with Gasteiger partial charge in [-0.05, 0) is 0 Å². The topological polar surface area (TPSA) is 26.3 Å². The molecule has 3 heteroatoms. The van der Waals surface area contributed by atoms with Crippen molar-refractivity contribution in [2.75, 3.05) is 6.61 Å². The zero-order valence-corrected chi connectivity index (χ0v) is 11.7. The van der Waals surface area contributed by atoms with Crippen LogP contribution in [0.25, 0.3) is 19.3 Å². The molecule has 3 rings (SSSR count). The number of carbonyl (C=O) groups is 1. The van der Waals surface area contributed by atoms with Gasteiger partial charge in [0.25, 0.3) is 0 Å². The predicted octanol–water partition coefficient (Wildman–Crippen LogP) is 3.23. The summed E-state index contributed by atoms with van der Waals surface area (Å²) in [6.45, 7) is 2.24. The minimum absolute atomic E-state index is 0.221. The number of ether oxygens (including phenoxy) is 1. The van der Waals surface area contributed by atoms with Gasteiger partial charge in [0.05, 0.1) is 0 Å². The maximum atomic E-state index is 12.0. The van der Waals surface area contributed by atoms with Gasteiger partial charge < -0.3 is 0 Å². The molecule has 90 valence electrons. The molecule has 0 atom stereocenters. The third-order valence-corrected chi connectivity index (χ3v) is 5.28. The van der Waals surface area contributed by atoms with Crippen LogP contribution >= 0.6 is 0 Å². The van der Waals surface area contributed by atoms with Crippen molar-refractivity contribution in [1.29, 1.82) is 0 Å². The van der Waals surface area contributed by atoms with E-state index in [-0.39, 0.29) is 5.97 Å². The van der Waals surface area contributed by atoms with Crippen LogP contribution < -0.4 is 0 Å². The average Bonchev–Trinajstić information content (AvgIpc) is 2.77. The molecule has 0 aliphatic carbocycles. The molecular formula is C15H12O2Se. The van der Waals surface area contributed by atoms with Gasteiger partial charge >= 0.3 is 111 Å². The van der Waals surface area contributed by atoms with E-state index in [0.29, 0.717) is 26.7 Å². The Labute approximate surface area is 111 Å². The van der Waals surface area contributed by atoms with Crippen LogP contribution in [0.4, 0.5) is 0 Å². The van der Waals surface area contributed by atoms with Gasteiger partial charge in [-0.15, -0.1) is 0 Å². The van der Waals surface area contributed by atoms with Crippen molar-refractivity contribution in [2.24, 2.45) is 0 Å². The molecule has 0 amide bonds. The molecule has 0 spiro atoms. The first-order valence-electron chi connectivity index (χ1n) is 5.88. The van der Waals surface area contributed by atoms with E-state index in [9.17, 15) is 4.79 Å². The van der Waals surface area contributed by atoms with Gasteiger partial charge in [-0.2, -0.15) is 0 Å². The van der Waals surface area contributed by atoms with Crippen LogP contribution in [0.1, 0.15) is 17.3 Å².